The highest BCUT2D eigenvalue weighted by Gasteiger charge is 2.34. The van der Waals surface area contributed by atoms with Crippen LogP contribution in [-0.4, -0.2) is 85.0 Å². The molecule has 2 saturated heterocycles. The molecule has 5 rings (SSSR count). The van der Waals surface area contributed by atoms with Gasteiger partial charge in [0.05, 0.1) is 11.6 Å². The molecule has 2 aliphatic heterocycles. The first kappa shape index (κ1) is 29.2. The Kier molecular flexibility index (Phi) is 9.36. The molecule has 8 heteroatoms. The molecule has 0 spiro atoms. The molecular formula is C33H41FN4O3. The number of fused-ring (bicyclic) bond motifs is 1. The number of esters is 1. The van der Waals surface area contributed by atoms with Gasteiger partial charge in [-0.3, -0.25) is 14.5 Å². The number of rotatable bonds is 9. The van der Waals surface area contributed by atoms with Gasteiger partial charge in [-0.25, -0.2) is 4.39 Å². The molecule has 7 nitrogen and oxygen atoms in total. The fraction of sp³-hybridized carbons (Fsp3) is 0.545. The van der Waals surface area contributed by atoms with Crippen LogP contribution in [0.3, 0.4) is 0 Å². The monoisotopic (exact) mass is 560 g/mol. The van der Waals surface area contributed by atoms with Crippen molar-refractivity contribution >= 4 is 11.9 Å². The van der Waals surface area contributed by atoms with Crippen molar-refractivity contribution in [1.29, 1.82) is 5.26 Å². The van der Waals surface area contributed by atoms with E-state index in [1.165, 1.54) is 19.1 Å². The van der Waals surface area contributed by atoms with E-state index < -0.39 is 0 Å². The molecule has 41 heavy (non-hydrogen) atoms. The van der Waals surface area contributed by atoms with Crippen LogP contribution in [0.5, 0.6) is 0 Å². The Morgan fingerprint density at radius 1 is 1.12 bits per heavy atom. The Balaban J connectivity index is 1.20. The van der Waals surface area contributed by atoms with Crippen LogP contribution in [0.4, 0.5) is 4.39 Å². The number of nitriles is 1. The van der Waals surface area contributed by atoms with Gasteiger partial charge in [-0.15, -0.1) is 0 Å². The topological polar surface area (TPSA) is 76.9 Å². The van der Waals surface area contributed by atoms with Gasteiger partial charge in [0, 0.05) is 64.2 Å². The number of likely N-dealkylation sites (tertiary alicyclic amines) is 2. The molecule has 0 aromatic heterocycles. The number of hydrogen-bond donors (Lipinski definition) is 0. The third-order valence-electron chi connectivity index (χ3n) is 9.06. The van der Waals surface area contributed by atoms with Crippen molar-refractivity contribution in [3.8, 4) is 6.07 Å². The zero-order valence-electron chi connectivity index (χ0n) is 24.3. The van der Waals surface area contributed by atoms with E-state index >= 15 is 0 Å². The lowest BCUT2D eigenvalue weighted by Crippen LogP contribution is -2.61. The second kappa shape index (κ2) is 13.1. The summed E-state index contributed by atoms with van der Waals surface area (Å²) in [5, 5.41) is 9.57. The van der Waals surface area contributed by atoms with Gasteiger partial charge in [-0.2, -0.15) is 5.26 Å². The normalized spacial score (nSPS) is 19.1. The van der Waals surface area contributed by atoms with E-state index in [0.717, 1.165) is 94.4 Å². The van der Waals surface area contributed by atoms with E-state index in [-0.39, 0.29) is 29.7 Å². The summed E-state index contributed by atoms with van der Waals surface area (Å²) < 4.78 is 19.1. The van der Waals surface area contributed by atoms with Gasteiger partial charge in [0.15, 0.2) is 0 Å². The summed E-state index contributed by atoms with van der Waals surface area (Å²) in [6.07, 6.45) is 6.62. The minimum absolute atomic E-state index is 0.0453. The zero-order valence-corrected chi connectivity index (χ0v) is 24.3. The Labute approximate surface area is 242 Å². The number of benzene rings is 2. The summed E-state index contributed by atoms with van der Waals surface area (Å²) >= 11 is 0. The maximum absolute atomic E-state index is 13.7. The zero-order chi connectivity index (χ0) is 28.9. The van der Waals surface area contributed by atoms with Gasteiger partial charge in [-0.1, -0.05) is 12.1 Å². The predicted molar refractivity (Wildman–Crippen MR) is 155 cm³/mol. The predicted octanol–water partition coefficient (Wildman–Crippen LogP) is 4.53. The first-order chi connectivity index (χ1) is 19.8. The Bertz CT molecular complexity index is 1280. The molecule has 0 N–H and O–H groups in total. The summed E-state index contributed by atoms with van der Waals surface area (Å²) in [5.74, 6) is -0.442. The van der Waals surface area contributed by atoms with Crippen molar-refractivity contribution < 1.29 is 18.7 Å². The number of aryl methyl sites for hydroxylation is 1. The maximum atomic E-state index is 13.7. The summed E-state index contributed by atoms with van der Waals surface area (Å²) in [6, 6.07) is 13.1. The Morgan fingerprint density at radius 3 is 2.51 bits per heavy atom. The molecule has 1 aliphatic carbocycles. The third kappa shape index (κ3) is 7.14. The van der Waals surface area contributed by atoms with Gasteiger partial charge in [0.1, 0.15) is 11.9 Å². The second-order valence-corrected chi connectivity index (χ2v) is 12.0. The largest absolute Gasteiger partial charge is 0.462 e. The highest BCUT2D eigenvalue weighted by molar-refractivity contribution is 5.96. The van der Waals surface area contributed by atoms with Crippen molar-refractivity contribution in [2.75, 3.05) is 46.3 Å². The van der Waals surface area contributed by atoms with Crippen LogP contribution in [0.15, 0.2) is 36.4 Å². The first-order valence-corrected chi connectivity index (χ1v) is 15.0. The third-order valence-corrected chi connectivity index (χ3v) is 9.06. The molecule has 2 aromatic rings. The number of halogens is 1. The molecule has 0 saturated carbocycles. The number of amides is 1. The van der Waals surface area contributed by atoms with Gasteiger partial charge in [0.25, 0.3) is 5.91 Å². The fourth-order valence-electron chi connectivity index (χ4n) is 6.73. The molecular weight excluding hydrogens is 519 g/mol. The number of piperidine rings is 1. The van der Waals surface area contributed by atoms with Gasteiger partial charge in [0.2, 0.25) is 0 Å². The number of ether oxygens (including phenoxy) is 1. The number of nitrogens with zero attached hydrogens (tertiary/aromatic N) is 4. The summed E-state index contributed by atoms with van der Waals surface area (Å²) in [5.41, 5.74) is 4.45. The summed E-state index contributed by atoms with van der Waals surface area (Å²) in [6.45, 7) is 6.84. The maximum Gasteiger partial charge on any atom is 0.302 e. The highest BCUT2D eigenvalue weighted by atomic mass is 19.1. The Hall–Kier alpha value is -3.28. The van der Waals surface area contributed by atoms with Gasteiger partial charge < -0.3 is 14.5 Å². The lowest BCUT2D eigenvalue weighted by atomic mass is 9.86. The Morgan fingerprint density at radius 2 is 1.83 bits per heavy atom. The average Bonchev–Trinajstić information content (AvgIpc) is 2.95. The molecule has 0 radical (unpaired) electrons. The molecule has 2 heterocycles. The van der Waals surface area contributed by atoms with Crippen LogP contribution in [0.25, 0.3) is 0 Å². The van der Waals surface area contributed by atoms with Crippen LogP contribution in [0.2, 0.25) is 0 Å². The molecule has 1 unspecified atom stereocenters. The van der Waals surface area contributed by atoms with E-state index in [2.05, 4.69) is 15.9 Å². The van der Waals surface area contributed by atoms with E-state index in [1.807, 2.05) is 25.2 Å². The number of likely N-dealkylation sites (N-methyl/N-ethyl adjacent to an activating group) is 1. The smallest absolute Gasteiger partial charge is 0.302 e. The molecule has 1 amide bonds. The molecule has 1 atom stereocenters. The van der Waals surface area contributed by atoms with Crippen LogP contribution in [0, 0.1) is 17.1 Å². The average molecular weight is 561 g/mol. The quantitative estimate of drug-likeness (QED) is 0.420. The van der Waals surface area contributed by atoms with E-state index in [9.17, 15) is 19.2 Å². The second-order valence-electron chi connectivity index (χ2n) is 12.0. The minimum Gasteiger partial charge on any atom is -0.462 e. The number of carbonyl (C=O) groups excluding carboxylic acids is 2. The van der Waals surface area contributed by atoms with Crippen LogP contribution < -0.4 is 0 Å². The van der Waals surface area contributed by atoms with Crippen LogP contribution in [0.1, 0.15) is 77.6 Å². The van der Waals surface area contributed by atoms with E-state index in [0.29, 0.717) is 23.7 Å². The van der Waals surface area contributed by atoms with Crippen LogP contribution >= 0.6 is 0 Å². The lowest BCUT2D eigenvalue weighted by Gasteiger charge is -2.48. The highest BCUT2D eigenvalue weighted by Crippen LogP contribution is 2.29. The number of carbonyl (C=O) groups is 2. The van der Waals surface area contributed by atoms with Crippen molar-refractivity contribution in [2.24, 2.45) is 0 Å². The molecule has 2 aromatic carbocycles. The van der Waals surface area contributed by atoms with Crippen molar-refractivity contribution in [3.63, 3.8) is 0 Å². The van der Waals surface area contributed by atoms with E-state index in [4.69, 9.17) is 4.74 Å². The SMILES string of the molecule is CC(=O)OC1CCN(C2CN(CCC(CN(C)C(=O)c3cc(C#N)cc4c3CCCC4)c3ccc(F)cc3)C2)CC1. The van der Waals surface area contributed by atoms with Crippen LogP contribution in [-0.2, 0) is 22.4 Å². The summed E-state index contributed by atoms with van der Waals surface area (Å²) in [4.78, 5) is 31.7. The van der Waals surface area contributed by atoms with E-state index in [1.54, 1.807) is 11.0 Å². The van der Waals surface area contributed by atoms with Crippen molar-refractivity contribution in [2.45, 2.75) is 69.9 Å². The van der Waals surface area contributed by atoms with Crippen molar-refractivity contribution in [3.05, 3.63) is 70.0 Å². The lowest BCUT2D eigenvalue weighted by molar-refractivity contribution is -0.149. The van der Waals surface area contributed by atoms with Crippen molar-refractivity contribution in [1.82, 2.24) is 14.7 Å². The molecule has 0 bridgehead atoms. The standard InChI is InChI=1S/C33H41FN4O3/c1-23(39)41-30-12-15-38(16-13-30)29-21-37(22-29)14-11-27(25-7-9-28(34)10-8-25)20-36(2)33(40)32-18-24(19-35)17-26-5-3-4-6-31(26)32/h7-10,17-18,27,29-30H,3-6,11-16,20-22H2,1-2H3. The molecule has 3 aliphatic rings. The fourth-order valence-corrected chi connectivity index (χ4v) is 6.73. The van der Waals surface area contributed by atoms with Gasteiger partial charge in [-0.05, 0) is 92.4 Å². The minimum atomic E-state index is -0.264. The first-order valence-electron chi connectivity index (χ1n) is 15.0. The van der Waals surface area contributed by atoms with Gasteiger partial charge >= 0.3 is 5.97 Å². The number of hydrogen-bond acceptors (Lipinski definition) is 6. The molecule has 2 fully saturated rings. The summed E-state index contributed by atoms with van der Waals surface area (Å²) in [7, 11) is 1.84. The molecule has 218 valence electrons.